The molecule has 0 radical (unpaired) electrons. The molecule has 0 fully saturated rings. The van der Waals surface area contributed by atoms with Crippen LogP contribution in [0.15, 0.2) is 23.1 Å². The van der Waals surface area contributed by atoms with Gasteiger partial charge in [0.15, 0.2) is 5.13 Å². The summed E-state index contributed by atoms with van der Waals surface area (Å²) in [6.07, 6.45) is 2.03. The Balaban J connectivity index is 2.02. The fourth-order valence-corrected chi connectivity index (χ4v) is 2.91. The molecule has 2 N–H and O–H groups in total. The Morgan fingerprint density at radius 1 is 1.53 bits per heavy atom. The van der Waals surface area contributed by atoms with Crippen LogP contribution in [-0.2, 0) is 4.74 Å². The van der Waals surface area contributed by atoms with E-state index in [2.05, 4.69) is 21.7 Å². The van der Waals surface area contributed by atoms with Gasteiger partial charge in [0, 0.05) is 18.6 Å². The van der Waals surface area contributed by atoms with E-state index in [0.717, 1.165) is 10.2 Å². The van der Waals surface area contributed by atoms with Crippen molar-refractivity contribution in [2.75, 3.05) is 31.8 Å². The van der Waals surface area contributed by atoms with Crippen LogP contribution < -0.4 is 10.6 Å². The summed E-state index contributed by atoms with van der Waals surface area (Å²) in [5, 5.41) is 6.01. The minimum atomic E-state index is -0.263. The molecule has 1 heterocycles. The average Bonchev–Trinajstić information content (AvgIpc) is 2.79. The molecule has 0 saturated carbocycles. The number of aromatic nitrogens is 1. The molecule has 1 aromatic carbocycles. The lowest BCUT2D eigenvalue weighted by Crippen LogP contribution is -2.31. The number of nitrogens with zero attached hydrogens (tertiary/aromatic N) is 1. The topological polar surface area (TPSA) is 63.2 Å². The predicted octanol–water partition coefficient (Wildman–Crippen LogP) is 2.79. The third-order valence-electron chi connectivity index (χ3n) is 2.41. The molecular weight excluding hydrogens is 282 g/mol. The molecule has 1 aromatic heterocycles. The molecule has 0 spiro atoms. The molecule has 0 bridgehead atoms. The molecule has 0 saturated heterocycles. The van der Waals surface area contributed by atoms with Crippen molar-refractivity contribution in [2.45, 2.75) is 4.90 Å². The van der Waals surface area contributed by atoms with Crippen LogP contribution in [0.4, 0.5) is 9.93 Å². The van der Waals surface area contributed by atoms with Gasteiger partial charge >= 0.3 is 6.03 Å². The van der Waals surface area contributed by atoms with E-state index in [-0.39, 0.29) is 6.03 Å². The van der Waals surface area contributed by atoms with E-state index in [0.29, 0.717) is 18.3 Å². The first-order chi connectivity index (χ1) is 9.22. The summed E-state index contributed by atoms with van der Waals surface area (Å²) in [5.41, 5.74) is 0.898. The number of nitrogens with one attached hydrogen (secondary N) is 2. The maximum atomic E-state index is 11.6. The zero-order valence-corrected chi connectivity index (χ0v) is 12.4. The number of carbonyl (C=O) groups is 1. The molecule has 2 aromatic rings. The number of benzene rings is 1. The summed E-state index contributed by atoms with van der Waals surface area (Å²) >= 11 is 3.15. The quantitative estimate of drug-likeness (QED) is 0.658. The zero-order chi connectivity index (χ0) is 13.7. The van der Waals surface area contributed by atoms with Gasteiger partial charge in [-0.15, -0.1) is 11.8 Å². The summed E-state index contributed by atoms with van der Waals surface area (Å²) in [5.74, 6) is 0. The molecule has 0 aliphatic heterocycles. The van der Waals surface area contributed by atoms with Gasteiger partial charge in [-0.3, -0.25) is 5.32 Å². The van der Waals surface area contributed by atoms with Crippen molar-refractivity contribution in [1.82, 2.24) is 10.3 Å². The van der Waals surface area contributed by atoms with Crippen molar-refractivity contribution in [3.05, 3.63) is 18.2 Å². The molecule has 0 aliphatic rings. The summed E-state index contributed by atoms with van der Waals surface area (Å²) in [6.45, 7) is 0.966. The lowest BCUT2D eigenvalue weighted by atomic mass is 10.3. The highest BCUT2D eigenvalue weighted by molar-refractivity contribution is 7.98. The second-order valence-corrected chi connectivity index (χ2v) is 5.64. The summed E-state index contributed by atoms with van der Waals surface area (Å²) < 4.78 is 5.93. The Kier molecular flexibility index (Phi) is 5.00. The number of thioether (sulfide) groups is 1. The molecule has 7 heteroatoms. The van der Waals surface area contributed by atoms with Crippen LogP contribution in [0.25, 0.3) is 10.2 Å². The molecule has 0 atom stereocenters. The van der Waals surface area contributed by atoms with Gasteiger partial charge in [-0.2, -0.15) is 0 Å². The lowest BCUT2D eigenvalue weighted by molar-refractivity contribution is 0.198. The molecule has 0 unspecified atom stereocenters. The van der Waals surface area contributed by atoms with Crippen LogP contribution in [0.1, 0.15) is 0 Å². The fraction of sp³-hybridized carbons (Fsp3) is 0.333. The minimum absolute atomic E-state index is 0.263. The molecule has 5 nitrogen and oxygen atoms in total. The number of urea groups is 1. The van der Waals surface area contributed by atoms with Gasteiger partial charge in [0.2, 0.25) is 0 Å². The molecule has 0 aliphatic carbocycles. The van der Waals surface area contributed by atoms with Crippen LogP contribution in [0.5, 0.6) is 0 Å². The number of rotatable bonds is 5. The highest BCUT2D eigenvalue weighted by Gasteiger charge is 2.07. The molecule has 2 amide bonds. The number of thiazole rings is 1. The summed E-state index contributed by atoms with van der Waals surface area (Å²) in [6, 6.07) is 5.80. The first-order valence-corrected chi connectivity index (χ1v) is 7.75. The number of amides is 2. The molecule has 102 valence electrons. The molecule has 19 heavy (non-hydrogen) atoms. The Bertz CT molecular complexity index is 571. The predicted molar refractivity (Wildman–Crippen MR) is 80.3 cm³/mol. The Morgan fingerprint density at radius 3 is 3.11 bits per heavy atom. The van der Waals surface area contributed by atoms with Crippen LogP contribution >= 0.6 is 23.1 Å². The summed E-state index contributed by atoms with van der Waals surface area (Å²) in [7, 11) is 1.59. The van der Waals surface area contributed by atoms with E-state index in [1.807, 2.05) is 18.4 Å². The monoisotopic (exact) mass is 297 g/mol. The van der Waals surface area contributed by atoms with Gasteiger partial charge in [-0.1, -0.05) is 11.3 Å². The van der Waals surface area contributed by atoms with Gasteiger partial charge in [0.25, 0.3) is 0 Å². The second kappa shape index (κ2) is 6.74. The zero-order valence-electron chi connectivity index (χ0n) is 10.7. The Hall–Kier alpha value is -1.31. The van der Waals surface area contributed by atoms with Gasteiger partial charge in [0.1, 0.15) is 0 Å². The van der Waals surface area contributed by atoms with E-state index >= 15 is 0 Å². The molecular formula is C12H15N3O2S2. The number of anilines is 1. The van der Waals surface area contributed by atoms with Crippen LogP contribution in [0.2, 0.25) is 0 Å². The number of hydrogen-bond acceptors (Lipinski definition) is 5. The highest BCUT2D eigenvalue weighted by atomic mass is 32.2. The minimum Gasteiger partial charge on any atom is -0.383 e. The van der Waals surface area contributed by atoms with Crippen molar-refractivity contribution < 1.29 is 9.53 Å². The number of carbonyl (C=O) groups excluding carboxylic acids is 1. The van der Waals surface area contributed by atoms with E-state index in [1.165, 1.54) is 16.2 Å². The number of fused-ring (bicyclic) bond motifs is 1. The van der Waals surface area contributed by atoms with Crippen molar-refractivity contribution in [2.24, 2.45) is 0 Å². The van der Waals surface area contributed by atoms with Crippen molar-refractivity contribution in [3.63, 3.8) is 0 Å². The lowest BCUT2D eigenvalue weighted by Gasteiger charge is -2.03. The molecule has 2 rings (SSSR count). The van der Waals surface area contributed by atoms with E-state index in [1.54, 1.807) is 18.9 Å². The maximum absolute atomic E-state index is 11.6. The first kappa shape index (κ1) is 14.1. The Morgan fingerprint density at radius 2 is 2.37 bits per heavy atom. The van der Waals surface area contributed by atoms with Crippen molar-refractivity contribution >= 4 is 44.5 Å². The number of ether oxygens (including phenoxy) is 1. The van der Waals surface area contributed by atoms with Gasteiger partial charge in [-0.05, 0) is 24.5 Å². The smallest absolute Gasteiger partial charge is 0.321 e. The maximum Gasteiger partial charge on any atom is 0.321 e. The van der Waals surface area contributed by atoms with Gasteiger partial charge in [0.05, 0.1) is 16.8 Å². The largest absolute Gasteiger partial charge is 0.383 e. The van der Waals surface area contributed by atoms with Crippen LogP contribution in [0, 0.1) is 0 Å². The third kappa shape index (κ3) is 3.82. The SMILES string of the molecule is COCCNC(=O)Nc1nc2ccc(SC)cc2s1. The van der Waals surface area contributed by atoms with Crippen LogP contribution in [-0.4, -0.2) is 37.5 Å². The van der Waals surface area contributed by atoms with Crippen molar-refractivity contribution in [1.29, 1.82) is 0 Å². The third-order valence-corrected chi connectivity index (χ3v) is 4.07. The highest BCUT2D eigenvalue weighted by Crippen LogP contribution is 2.29. The average molecular weight is 297 g/mol. The number of hydrogen-bond donors (Lipinski definition) is 2. The van der Waals surface area contributed by atoms with E-state index < -0.39 is 0 Å². The normalized spacial score (nSPS) is 10.6. The van der Waals surface area contributed by atoms with Gasteiger partial charge in [-0.25, -0.2) is 9.78 Å². The first-order valence-electron chi connectivity index (χ1n) is 5.71. The Labute approximate surface area is 119 Å². The second-order valence-electron chi connectivity index (χ2n) is 3.73. The van der Waals surface area contributed by atoms with E-state index in [9.17, 15) is 4.79 Å². The number of methoxy groups -OCH3 is 1. The van der Waals surface area contributed by atoms with Gasteiger partial charge < -0.3 is 10.1 Å². The fourth-order valence-electron chi connectivity index (χ4n) is 1.49. The van der Waals surface area contributed by atoms with Crippen molar-refractivity contribution in [3.8, 4) is 0 Å². The summed E-state index contributed by atoms with van der Waals surface area (Å²) in [4.78, 5) is 17.1. The van der Waals surface area contributed by atoms with Crippen LogP contribution in [0.3, 0.4) is 0 Å². The standard InChI is InChI=1S/C12H15N3O2S2/c1-17-6-5-13-11(16)15-12-14-9-4-3-8(18-2)7-10(9)19-12/h3-4,7H,5-6H2,1-2H3,(H2,13,14,15,16). The van der Waals surface area contributed by atoms with E-state index in [4.69, 9.17) is 4.74 Å².